The number of anilines is 1. The molecule has 2 aromatic rings. The lowest BCUT2D eigenvalue weighted by molar-refractivity contribution is 0.480. The number of rotatable bonds is 5. The van der Waals surface area contributed by atoms with E-state index in [1.165, 1.54) is 0 Å². The molecule has 0 amide bonds. The zero-order chi connectivity index (χ0) is 12.1. The van der Waals surface area contributed by atoms with Crippen molar-refractivity contribution in [3.05, 3.63) is 66.1 Å². The Labute approximate surface area is 118 Å². The van der Waals surface area contributed by atoms with Crippen molar-refractivity contribution < 1.29 is 4.42 Å². The molecule has 96 valence electrons. The quantitative estimate of drug-likeness (QED) is 0.774. The van der Waals surface area contributed by atoms with Crippen molar-refractivity contribution in [2.75, 3.05) is 5.32 Å². The Kier molecular flexibility index (Phi) is 5.83. The molecule has 1 atom stereocenters. The minimum atomic E-state index is 0. The van der Waals surface area contributed by atoms with Gasteiger partial charge in [0.05, 0.1) is 12.3 Å². The number of benzene rings is 1. The Morgan fingerprint density at radius 1 is 1.33 bits per heavy atom. The van der Waals surface area contributed by atoms with Crippen LogP contribution in [0.15, 0.2) is 59.7 Å². The second kappa shape index (κ2) is 7.14. The van der Waals surface area contributed by atoms with Crippen LogP contribution in [0.1, 0.15) is 18.2 Å². The molecule has 4 heteroatoms. The van der Waals surface area contributed by atoms with E-state index in [2.05, 4.69) is 11.9 Å². The summed E-state index contributed by atoms with van der Waals surface area (Å²) in [6.07, 6.45) is 4.33. The maximum Gasteiger partial charge on any atom is 0.126 e. The zero-order valence-corrected chi connectivity index (χ0v) is 11.4. The van der Waals surface area contributed by atoms with Crippen LogP contribution < -0.4 is 5.32 Å². The van der Waals surface area contributed by atoms with Gasteiger partial charge in [-0.15, -0.1) is 19.0 Å². The molecule has 0 spiro atoms. The number of hydrogen-bond acceptors (Lipinski definition) is 2. The monoisotopic (exact) mass is 283 g/mol. The highest BCUT2D eigenvalue weighted by Crippen LogP contribution is 2.24. The second-order valence-electron chi connectivity index (χ2n) is 3.75. The molecule has 0 aliphatic carbocycles. The first-order chi connectivity index (χ1) is 8.29. The van der Waals surface area contributed by atoms with E-state index in [1.807, 2.05) is 42.5 Å². The zero-order valence-electron chi connectivity index (χ0n) is 9.80. The van der Waals surface area contributed by atoms with Gasteiger partial charge in [0.1, 0.15) is 5.76 Å². The summed E-state index contributed by atoms with van der Waals surface area (Å²) in [7, 11) is 0. The predicted octanol–water partition coefficient (Wildman–Crippen LogP) is 5.08. The first kappa shape index (κ1) is 14.7. The Balaban J connectivity index is 0.00000162. The maximum absolute atomic E-state index is 5.95. The topological polar surface area (TPSA) is 25.2 Å². The summed E-state index contributed by atoms with van der Waals surface area (Å²) in [5, 5.41) is 4.09. The summed E-state index contributed by atoms with van der Waals surface area (Å²) in [6, 6.07) is 11.5. The lowest BCUT2D eigenvalue weighted by atomic mass is 10.1. The van der Waals surface area contributed by atoms with Crippen molar-refractivity contribution in [2.45, 2.75) is 12.5 Å². The van der Waals surface area contributed by atoms with Crippen LogP contribution in [0, 0.1) is 0 Å². The average Bonchev–Trinajstić information content (AvgIpc) is 2.82. The minimum absolute atomic E-state index is 0. The first-order valence-corrected chi connectivity index (χ1v) is 5.84. The van der Waals surface area contributed by atoms with Crippen molar-refractivity contribution in [1.82, 2.24) is 0 Å². The van der Waals surface area contributed by atoms with E-state index >= 15 is 0 Å². The van der Waals surface area contributed by atoms with Crippen LogP contribution in [-0.4, -0.2) is 0 Å². The fraction of sp³-hybridized carbons (Fsp3) is 0.143. The fourth-order valence-electron chi connectivity index (χ4n) is 1.68. The van der Waals surface area contributed by atoms with Gasteiger partial charge in [-0.05, 0) is 36.8 Å². The normalized spacial score (nSPS) is 11.4. The second-order valence-corrected chi connectivity index (χ2v) is 4.18. The molecule has 0 saturated carbocycles. The molecule has 1 aromatic carbocycles. The molecule has 2 nitrogen and oxygen atoms in total. The van der Waals surface area contributed by atoms with Crippen LogP contribution in [0.2, 0.25) is 5.02 Å². The van der Waals surface area contributed by atoms with Crippen LogP contribution >= 0.6 is 24.0 Å². The van der Waals surface area contributed by atoms with Gasteiger partial charge in [0, 0.05) is 10.7 Å². The molecule has 2 rings (SSSR count). The van der Waals surface area contributed by atoms with Crippen LogP contribution in [-0.2, 0) is 0 Å². The Morgan fingerprint density at radius 2 is 2.17 bits per heavy atom. The Morgan fingerprint density at radius 3 is 2.78 bits per heavy atom. The largest absolute Gasteiger partial charge is 0.467 e. The van der Waals surface area contributed by atoms with Gasteiger partial charge < -0.3 is 9.73 Å². The smallest absolute Gasteiger partial charge is 0.126 e. The van der Waals surface area contributed by atoms with Gasteiger partial charge in [-0.25, -0.2) is 0 Å². The standard InChI is InChI=1S/C14H14ClNO.ClH/c1-2-5-13(14-8-4-9-17-14)16-12-7-3-6-11(15)10-12;/h2-4,6-10,13,16H,1,5H2;1H. The summed E-state index contributed by atoms with van der Waals surface area (Å²) < 4.78 is 5.41. The fourth-order valence-corrected chi connectivity index (χ4v) is 1.87. The van der Waals surface area contributed by atoms with Gasteiger partial charge in [-0.3, -0.25) is 0 Å². The summed E-state index contributed by atoms with van der Waals surface area (Å²) in [5.41, 5.74) is 0.973. The van der Waals surface area contributed by atoms with E-state index in [1.54, 1.807) is 6.26 Å². The lowest BCUT2D eigenvalue weighted by Crippen LogP contribution is -2.08. The molecule has 0 fully saturated rings. The molecular formula is C14H15Cl2NO. The van der Waals surface area contributed by atoms with Crippen molar-refractivity contribution in [2.24, 2.45) is 0 Å². The van der Waals surface area contributed by atoms with Gasteiger partial charge >= 0.3 is 0 Å². The molecular weight excluding hydrogens is 269 g/mol. The number of hydrogen-bond donors (Lipinski definition) is 1. The molecule has 1 unspecified atom stereocenters. The highest BCUT2D eigenvalue weighted by Gasteiger charge is 2.12. The third-order valence-electron chi connectivity index (χ3n) is 2.45. The van der Waals surface area contributed by atoms with Gasteiger partial charge in [-0.2, -0.15) is 0 Å². The maximum atomic E-state index is 5.95. The first-order valence-electron chi connectivity index (χ1n) is 5.46. The molecule has 0 aliphatic rings. The highest BCUT2D eigenvalue weighted by molar-refractivity contribution is 6.30. The molecule has 18 heavy (non-hydrogen) atoms. The van der Waals surface area contributed by atoms with Crippen LogP contribution in [0.4, 0.5) is 5.69 Å². The van der Waals surface area contributed by atoms with E-state index in [4.69, 9.17) is 16.0 Å². The predicted molar refractivity (Wildman–Crippen MR) is 78.6 cm³/mol. The summed E-state index contributed by atoms with van der Waals surface area (Å²) in [6.45, 7) is 3.76. The molecule has 1 heterocycles. The third kappa shape index (κ3) is 3.83. The molecule has 0 bridgehead atoms. The van der Waals surface area contributed by atoms with Crippen molar-refractivity contribution >= 4 is 29.7 Å². The van der Waals surface area contributed by atoms with Crippen molar-refractivity contribution in [3.8, 4) is 0 Å². The van der Waals surface area contributed by atoms with Gasteiger partial charge in [-0.1, -0.05) is 23.7 Å². The SMILES string of the molecule is C=CCC(Nc1cccc(Cl)c1)c1ccco1.Cl. The molecule has 0 saturated heterocycles. The highest BCUT2D eigenvalue weighted by atomic mass is 35.5. The van der Waals surface area contributed by atoms with E-state index < -0.39 is 0 Å². The van der Waals surface area contributed by atoms with E-state index in [9.17, 15) is 0 Å². The number of halogens is 2. The Hall–Kier alpha value is -1.38. The number of nitrogens with one attached hydrogen (secondary N) is 1. The van der Waals surface area contributed by atoms with E-state index in [0.717, 1.165) is 17.9 Å². The lowest BCUT2D eigenvalue weighted by Gasteiger charge is -2.16. The van der Waals surface area contributed by atoms with Gasteiger partial charge in [0.25, 0.3) is 0 Å². The molecule has 1 N–H and O–H groups in total. The van der Waals surface area contributed by atoms with Crippen molar-refractivity contribution in [1.29, 1.82) is 0 Å². The van der Waals surface area contributed by atoms with Crippen LogP contribution in [0.3, 0.4) is 0 Å². The number of furan rings is 1. The molecule has 0 radical (unpaired) electrons. The minimum Gasteiger partial charge on any atom is -0.467 e. The summed E-state index contributed by atoms with van der Waals surface area (Å²) in [4.78, 5) is 0. The molecule has 1 aromatic heterocycles. The molecule has 0 aliphatic heterocycles. The summed E-state index contributed by atoms with van der Waals surface area (Å²) >= 11 is 5.95. The van der Waals surface area contributed by atoms with Crippen molar-refractivity contribution in [3.63, 3.8) is 0 Å². The van der Waals surface area contributed by atoms with Crippen LogP contribution in [0.5, 0.6) is 0 Å². The van der Waals surface area contributed by atoms with E-state index in [0.29, 0.717) is 5.02 Å². The van der Waals surface area contributed by atoms with Gasteiger partial charge in [0.2, 0.25) is 0 Å². The Bertz CT molecular complexity index is 482. The van der Waals surface area contributed by atoms with Crippen LogP contribution in [0.25, 0.3) is 0 Å². The van der Waals surface area contributed by atoms with Gasteiger partial charge in [0.15, 0.2) is 0 Å². The van der Waals surface area contributed by atoms with E-state index in [-0.39, 0.29) is 18.4 Å². The average molecular weight is 284 g/mol. The third-order valence-corrected chi connectivity index (χ3v) is 2.69. The summed E-state index contributed by atoms with van der Waals surface area (Å²) in [5.74, 6) is 0.893.